The molecule has 8 nitrogen and oxygen atoms in total. The Morgan fingerprint density at radius 1 is 1.00 bits per heavy atom. The maximum absolute atomic E-state index is 14.4. The summed E-state index contributed by atoms with van der Waals surface area (Å²) in [5, 5.41) is 13.3. The Labute approximate surface area is 186 Å². The molecule has 1 amide bonds. The number of carbonyl (C=O) groups is 1. The molecule has 2 N–H and O–H groups in total. The van der Waals surface area contributed by atoms with Crippen LogP contribution >= 0.6 is 0 Å². The fraction of sp³-hybridized carbons (Fsp3) is 0.304. The van der Waals surface area contributed by atoms with Gasteiger partial charge in [0.1, 0.15) is 16.9 Å². The van der Waals surface area contributed by atoms with E-state index in [0.29, 0.717) is 17.2 Å². The summed E-state index contributed by atoms with van der Waals surface area (Å²) >= 11 is 0. The summed E-state index contributed by atoms with van der Waals surface area (Å²) in [6.45, 7) is 3.08. The van der Waals surface area contributed by atoms with Gasteiger partial charge >= 0.3 is 0 Å². The topological polar surface area (TPSA) is 95.9 Å². The minimum absolute atomic E-state index is 0.0613. The molecule has 2 aromatic heterocycles. The molecule has 10 heteroatoms. The maximum Gasteiger partial charge on any atom is 0.299 e. The molecule has 3 aliphatic rings. The van der Waals surface area contributed by atoms with Crippen LogP contribution in [0.25, 0.3) is 27.6 Å². The largest absolute Gasteiger partial charge is 0.348 e. The van der Waals surface area contributed by atoms with Crippen LogP contribution in [-0.4, -0.2) is 56.5 Å². The Hall–Kier alpha value is -3.66. The number of aromatic nitrogens is 4. The second-order valence-corrected chi connectivity index (χ2v) is 8.69. The normalized spacial score (nSPS) is 22.2. The number of fused-ring (bicyclic) bond motifs is 6. The van der Waals surface area contributed by atoms with Crippen LogP contribution in [-0.2, 0) is 0 Å². The Morgan fingerprint density at radius 3 is 2.39 bits per heavy atom. The number of H-pyrrole nitrogens is 1. The van der Waals surface area contributed by atoms with Gasteiger partial charge in [-0.1, -0.05) is 0 Å². The van der Waals surface area contributed by atoms with Crippen molar-refractivity contribution >= 4 is 27.8 Å². The summed E-state index contributed by atoms with van der Waals surface area (Å²) in [4.78, 5) is 28.0. The summed E-state index contributed by atoms with van der Waals surface area (Å²) < 4.78 is 29.6. The van der Waals surface area contributed by atoms with Gasteiger partial charge in [-0.15, -0.1) is 10.2 Å². The van der Waals surface area contributed by atoms with E-state index < -0.39 is 17.2 Å². The van der Waals surface area contributed by atoms with E-state index in [2.05, 4.69) is 25.5 Å². The highest BCUT2D eigenvalue weighted by Gasteiger charge is 2.34. The van der Waals surface area contributed by atoms with Gasteiger partial charge in [-0.25, -0.2) is 13.5 Å². The quantitative estimate of drug-likeness (QED) is 0.500. The lowest BCUT2D eigenvalue weighted by atomic mass is 9.84. The molecule has 33 heavy (non-hydrogen) atoms. The van der Waals surface area contributed by atoms with Crippen LogP contribution in [0.1, 0.15) is 23.2 Å². The first-order valence-electron chi connectivity index (χ1n) is 10.9. The van der Waals surface area contributed by atoms with Crippen LogP contribution in [0.5, 0.6) is 0 Å². The standard InChI is InChI=1S/C23H20F2N6O2/c24-15-5-6-16(25)19-18(15)20-21(28-27-19)23(33)31(29-20)14-3-1-13(2-4-14)22(32)26-17-11-30-9-7-12(17)8-10-30/h1-6,12,17,29H,7-11H2,(H,26,32). The number of amides is 1. The molecule has 7 rings (SSSR count). The van der Waals surface area contributed by atoms with E-state index in [1.807, 2.05) is 0 Å². The Balaban J connectivity index is 1.31. The zero-order valence-electron chi connectivity index (χ0n) is 17.5. The molecule has 3 saturated heterocycles. The van der Waals surface area contributed by atoms with Gasteiger partial charge in [0.25, 0.3) is 11.5 Å². The number of nitrogens with zero attached hydrogens (tertiary/aromatic N) is 4. The Bertz CT molecular complexity index is 1450. The highest BCUT2D eigenvalue weighted by Crippen LogP contribution is 2.28. The third-order valence-corrected chi connectivity index (χ3v) is 6.80. The monoisotopic (exact) mass is 450 g/mol. The zero-order valence-corrected chi connectivity index (χ0v) is 17.5. The van der Waals surface area contributed by atoms with Gasteiger partial charge in [-0.2, -0.15) is 0 Å². The number of hydrogen-bond acceptors (Lipinski definition) is 5. The molecule has 4 aromatic rings. The van der Waals surface area contributed by atoms with Crippen LogP contribution in [0.4, 0.5) is 8.78 Å². The van der Waals surface area contributed by atoms with E-state index in [9.17, 15) is 18.4 Å². The minimum atomic E-state index is -0.729. The number of carbonyl (C=O) groups excluding carboxylic acids is 1. The first kappa shape index (κ1) is 20.0. The molecule has 0 radical (unpaired) electrons. The average Bonchev–Trinajstić information content (AvgIpc) is 3.18. The van der Waals surface area contributed by atoms with Crippen molar-refractivity contribution in [2.45, 2.75) is 18.9 Å². The molecule has 1 unspecified atom stereocenters. The van der Waals surface area contributed by atoms with Crippen LogP contribution in [0.3, 0.4) is 0 Å². The predicted octanol–water partition coefficient (Wildman–Crippen LogP) is 2.36. The number of aromatic amines is 1. The van der Waals surface area contributed by atoms with Crippen LogP contribution in [0, 0.1) is 17.6 Å². The van der Waals surface area contributed by atoms with Crippen LogP contribution in [0.15, 0.2) is 41.2 Å². The SMILES string of the molecule is O=C(NC1CN2CCC1CC2)c1ccc(-n2[nH]c3c(nnc4c(F)ccc(F)c43)c2=O)cc1. The molecule has 3 aliphatic heterocycles. The molecule has 0 saturated carbocycles. The third-order valence-electron chi connectivity index (χ3n) is 6.80. The van der Waals surface area contributed by atoms with Crippen molar-refractivity contribution in [3.8, 4) is 5.69 Å². The number of hydrogen-bond donors (Lipinski definition) is 2. The summed E-state index contributed by atoms with van der Waals surface area (Å²) in [6.07, 6.45) is 2.21. The molecule has 2 aromatic carbocycles. The Morgan fingerprint density at radius 2 is 1.70 bits per heavy atom. The highest BCUT2D eigenvalue weighted by molar-refractivity contribution is 6.01. The van der Waals surface area contributed by atoms with Gasteiger partial charge in [0.05, 0.1) is 11.1 Å². The van der Waals surface area contributed by atoms with Crippen molar-refractivity contribution in [1.82, 2.24) is 30.2 Å². The van der Waals surface area contributed by atoms with Crippen LogP contribution in [0.2, 0.25) is 0 Å². The minimum Gasteiger partial charge on any atom is -0.348 e. The van der Waals surface area contributed by atoms with Crippen molar-refractivity contribution < 1.29 is 13.6 Å². The average molecular weight is 450 g/mol. The van der Waals surface area contributed by atoms with Crippen LogP contribution < -0.4 is 10.9 Å². The molecule has 1 atom stereocenters. The molecule has 5 heterocycles. The molecular weight excluding hydrogens is 430 g/mol. The lowest BCUT2D eigenvalue weighted by Gasteiger charge is -2.44. The van der Waals surface area contributed by atoms with E-state index >= 15 is 0 Å². The molecule has 2 bridgehead atoms. The fourth-order valence-corrected chi connectivity index (χ4v) is 5.00. The summed E-state index contributed by atoms with van der Waals surface area (Å²) in [7, 11) is 0. The molecule has 0 spiro atoms. The molecule has 3 fully saturated rings. The molecular formula is C23H20F2N6O2. The van der Waals surface area contributed by atoms with E-state index in [4.69, 9.17) is 0 Å². The number of halogens is 2. The third kappa shape index (κ3) is 3.20. The van der Waals surface area contributed by atoms with E-state index in [1.165, 1.54) is 4.68 Å². The lowest BCUT2D eigenvalue weighted by Crippen LogP contribution is -2.57. The smallest absolute Gasteiger partial charge is 0.299 e. The number of benzene rings is 2. The van der Waals surface area contributed by atoms with E-state index in [1.54, 1.807) is 24.3 Å². The Kier molecular flexibility index (Phi) is 4.51. The second kappa shape index (κ2) is 7.45. The lowest BCUT2D eigenvalue weighted by molar-refractivity contribution is 0.0620. The fourth-order valence-electron chi connectivity index (χ4n) is 5.00. The van der Waals surface area contributed by atoms with Gasteiger partial charge in [-0.05, 0) is 68.2 Å². The van der Waals surface area contributed by atoms with Crippen molar-refractivity contribution in [1.29, 1.82) is 0 Å². The van der Waals surface area contributed by atoms with Crippen molar-refractivity contribution in [2.24, 2.45) is 5.92 Å². The van der Waals surface area contributed by atoms with E-state index in [0.717, 1.165) is 44.6 Å². The molecule has 168 valence electrons. The number of nitrogens with one attached hydrogen (secondary N) is 2. The first-order chi connectivity index (χ1) is 16.0. The van der Waals surface area contributed by atoms with Gasteiger partial charge in [-0.3, -0.25) is 14.7 Å². The van der Waals surface area contributed by atoms with Crippen molar-refractivity contribution in [3.63, 3.8) is 0 Å². The van der Waals surface area contributed by atoms with Gasteiger partial charge in [0.15, 0.2) is 11.3 Å². The second-order valence-electron chi connectivity index (χ2n) is 8.69. The predicted molar refractivity (Wildman–Crippen MR) is 117 cm³/mol. The molecule has 0 aliphatic carbocycles. The number of piperidine rings is 3. The van der Waals surface area contributed by atoms with Crippen molar-refractivity contribution in [3.05, 3.63) is 63.9 Å². The summed E-state index contributed by atoms with van der Waals surface area (Å²) in [5.74, 6) is -1.07. The summed E-state index contributed by atoms with van der Waals surface area (Å²) in [6, 6.07) is 8.60. The highest BCUT2D eigenvalue weighted by atomic mass is 19.1. The maximum atomic E-state index is 14.4. The zero-order chi connectivity index (χ0) is 22.7. The van der Waals surface area contributed by atoms with Gasteiger partial charge in [0, 0.05) is 18.2 Å². The van der Waals surface area contributed by atoms with Gasteiger partial charge in [0.2, 0.25) is 0 Å². The number of rotatable bonds is 3. The van der Waals surface area contributed by atoms with Crippen molar-refractivity contribution in [2.75, 3.05) is 19.6 Å². The van der Waals surface area contributed by atoms with E-state index in [-0.39, 0.29) is 33.9 Å². The summed E-state index contributed by atoms with van der Waals surface area (Å²) in [5.41, 5.74) is 0.0746. The first-order valence-corrected chi connectivity index (χ1v) is 10.9. The van der Waals surface area contributed by atoms with Gasteiger partial charge < -0.3 is 10.2 Å².